The fourth-order valence-electron chi connectivity index (χ4n) is 1.62. The zero-order valence-electron chi connectivity index (χ0n) is 8.27. The van der Waals surface area contributed by atoms with Gasteiger partial charge in [0.25, 0.3) is 0 Å². The molecule has 2 rings (SSSR count). The Labute approximate surface area is 86.1 Å². The molecule has 0 saturated heterocycles. The van der Waals surface area contributed by atoms with E-state index < -0.39 is 5.97 Å². The Morgan fingerprint density at radius 3 is 2.93 bits per heavy atom. The van der Waals surface area contributed by atoms with Crippen LogP contribution < -0.4 is 5.73 Å². The number of nitrogens with two attached hydrogens (primary N) is 1. The second kappa shape index (κ2) is 3.36. The van der Waals surface area contributed by atoms with Gasteiger partial charge in [0.15, 0.2) is 0 Å². The number of hydrogen-bond acceptors (Lipinski definition) is 3. The van der Waals surface area contributed by atoms with Crippen molar-refractivity contribution in [3.8, 4) is 0 Å². The lowest BCUT2D eigenvalue weighted by molar-refractivity contribution is 0.0697. The lowest BCUT2D eigenvalue weighted by Crippen LogP contribution is -1.98. The topological polar surface area (TPSA) is 81.1 Å². The minimum absolute atomic E-state index is 0.258. The van der Waals surface area contributed by atoms with Crippen LogP contribution >= 0.6 is 0 Å². The molecule has 1 aromatic heterocycles. The molecule has 2 aromatic rings. The maximum absolute atomic E-state index is 10.8. The summed E-state index contributed by atoms with van der Waals surface area (Å²) in [6.45, 7) is 0.351. The molecule has 0 bridgehead atoms. The molecule has 5 heteroatoms. The second-order valence-electron chi connectivity index (χ2n) is 3.31. The molecule has 0 fully saturated rings. The van der Waals surface area contributed by atoms with Gasteiger partial charge in [-0.25, -0.2) is 4.79 Å². The first kappa shape index (κ1) is 9.67. The second-order valence-corrected chi connectivity index (χ2v) is 3.31. The molecular weight excluding hydrogens is 194 g/mol. The number of carbonyl (C=O) groups is 1. The molecule has 0 aliphatic rings. The third-order valence-electron chi connectivity index (χ3n) is 2.37. The average molecular weight is 205 g/mol. The van der Waals surface area contributed by atoms with Gasteiger partial charge in [-0.2, -0.15) is 5.10 Å². The van der Waals surface area contributed by atoms with E-state index >= 15 is 0 Å². The summed E-state index contributed by atoms with van der Waals surface area (Å²) in [4.78, 5) is 10.8. The zero-order valence-corrected chi connectivity index (χ0v) is 8.27. The molecule has 15 heavy (non-hydrogen) atoms. The predicted octanol–water partition coefficient (Wildman–Crippen LogP) is 0.730. The van der Waals surface area contributed by atoms with E-state index in [4.69, 9.17) is 10.8 Å². The van der Waals surface area contributed by atoms with Crippen molar-refractivity contribution < 1.29 is 9.90 Å². The van der Waals surface area contributed by atoms with Crippen molar-refractivity contribution in [2.45, 2.75) is 6.54 Å². The highest BCUT2D eigenvalue weighted by Crippen LogP contribution is 2.19. The SMILES string of the molecule is Cn1nc(CN)c2ccc(C(=O)O)cc21. The molecule has 0 saturated carbocycles. The number of hydrogen-bond donors (Lipinski definition) is 2. The number of fused-ring (bicyclic) bond motifs is 1. The number of nitrogens with zero attached hydrogens (tertiary/aromatic N) is 2. The maximum atomic E-state index is 10.8. The van der Waals surface area contributed by atoms with Crippen molar-refractivity contribution in [1.82, 2.24) is 9.78 Å². The first-order valence-corrected chi connectivity index (χ1v) is 4.52. The summed E-state index contributed by atoms with van der Waals surface area (Å²) >= 11 is 0. The summed E-state index contributed by atoms with van der Waals surface area (Å²) in [6, 6.07) is 4.91. The van der Waals surface area contributed by atoms with E-state index in [1.807, 2.05) is 0 Å². The van der Waals surface area contributed by atoms with Crippen molar-refractivity contribution in [2.24, 2.45) is 12.8 Å². The summed E-state index contributed by atoms with van der Waals surface area (Å²) in [5.41, 5.74) is 7.36. The third-order valence-corrected chi connectivity index (χ3v) is 2.37. The minimum Gasteiger partial charge on any atom is -0.478 e. The van der Waals surface area contributed by atoms with Gasteiger partial charge in [0.1, 0.15) is 0 Å². The molecule has 1 aromatic carbocycles. The standard InChI is InChI=1S/C10H11N3O2/c1-13-9-4-6(10(14)15)2-3-7(9)8(5-11)12-13/h2-4H,5,11H2,1H3,(H,14,15). The lowest BCUT2D eigenvalue weighted by atomic mass is 10.1. The predicted molar refractivity (Wildman–Crippen MR) is 55.6 cm³/mol. The smallest absolute Gasteiger partial charge is 0.335 e. The molecular formula is C10H11N3O2. The van der Waals surface area contributed by atoms with E-state index in [2.05, 4.69) is 5.10 Å². The Kier molecular flexibility index (Phi) is 2.17. The number of aromatic nitrogens is 2. The van der Waals surface area contributed by atoms with Crippen LogP contribution in [0, 0.1) is 0 Å². The molecule has 0 atom stereocenters. The summed E-state index contributed by atoms with van der Waals surface area (Å²) in [6.07, 6.45) is 0. The van der Waals surface area contributed by atoms with Gasteiger partial charge in [0.2, 0.25) is 0 Å². The maximum Gasteiger partial charge on any atom is 0.335 e. The largest absolute Gasteiger partial charge is 0.478 e. The number of carboxylic acids is 1. The average Bonchev–Trinajstić information content (AvgIpc) is 2.55. The molecule has 0 spiro atoms. The molecule has 78 valence electrons. The van der Waals surface area contributed by atoms with Gasteiger partial charge in [-0.3, -0.25) is 4.68 Å². The van der Waals surface area contributed by atoms with E-state index in [0.717, 1.165) is 16.6 Å². The van der Waals surface area contributed by atoms with Crippen LogP contribution in [-0.2, 0) is 13.6 Å². The van der Waals surface area contributed by atoms with Crippen LogP contribution in [0.1, 0.15) is 16.1 Å². The van der Waals surface area contributed by atoms with Crippen LogP contribution in [0.4, 0.5) is 0 Å². The Morgan fingerprint density at radius 1 is 1.60 bits per heavy atom. The molecule has 5 nitrogen and oxygen atoms in total. The first-order chi connectivity index (χ1) is 7.13. The van der Waals surface area contributed by atoms with Crippen molar-refractivity contribution in [3.63, 3.8) is 0 Å². The molecule has 0 radical (unpaired) electrons. The van der Waals surface area contributed by atoms with Crippen molar-refractivity contribution in [1.29, 1.82) is 0 Å². The van der Waals surface area contributed by atoms with Crippen molar-refractivity contribution in [2.75, 3.05) is 0 Å². The van der Waals surface area contributed by atoms with Crippen LogP contribution in [-0.4, -0.2) is 20.9 Å². The summed E-state index contributed by atoms with van der Waals surface area (Å²) in [5.74, 6) is -0.938. The van der Waals surface area contributed by atoms with Crippen LogP contribution in [0.15, 0.2) is 18.2 Å². The number of rotatable bonds is 2. The monoisotopic (exact) mass is 205 g/mol. The highest BCUT2D eigenvalue weighted by Gasteiger charge is 2.10. The highest BCUT2D eigenvalue weighted by molar-refractivity contribution is 5.93. The minimum atomic E-state index is -0.938. The van der Waals surface area contributed by atoms with Gasteiger partial charge in [-0.15, -0.1) is 0 Å². The van der Waals surface area contributed by atoms with Gasteiger partial charge < -0.3 is 10.8 Å². The van der Waals surface area contributed by atoms with Crippen molar-refractivity contribution in [3.05, 3.63) is 29.5 Å². The van der Waals surface area contributed by atoms with E-state index in [1.54, 1.807) is 29.9 Å². The number of benzene rings is 1. The van der Waals surface area contributed by atoms with Crippen molar-refractivity contribution >= 4 is 16.9 Å². The molecule has 0 unspecified atom stereocenters. The van der Waals surface area contributed by atoms with Crippen LogP contribution in [0.2, 0.25) is 0 Å². The molecule has 1 heterocycles. The molecule has 3 N–H and O–H groups in total. The summed E-state index contributed by atoms with van der Waals surface area (Å²) in [7, 11) is 1.77. The highest BCUT2D eigenvalue weighted by atomic mass is 16.4. The number of aromatic carboxylic acids is 1. The van der Waals surface area contributed by atoms with E-state index in [0.29, 0.717) is 6.54 Å². The normalized spacial score (nSPS) is 10.8. The number of carboxylic acid groups (broad SMARTS) is 1. The van der Waals surface area contributed by atoms with Gasteiger partial charge in [0, 0.05) is 19.0 Å². The Hall–Kier alpha value is -1.88. The van der Waals surface area contributed by atoms with E-state index in [-0.39, 0.29) is 5.56 Å². The summed E-state index contributed by atoms with van der Waals surface area (Å²) < 4.78 is 1.64. The van der Waals surface area contributed by atoms with Gasteiger partial charge in [-0.1, -0.05) is 6.07 Å². The van der Waals surface area contributed by atoms with E-state index in [1.165, 1.54) is 0 Å². The van der Waals surface area contributed by atoms with E-state index in [9.17, 15) is 4.79 Å². The van der Waals surface area contributed by atoms with Gasteiger partial charge in [0.05, 0.1) is 16.8 Å². The van der Waals surface area contributed by atoms with Crippen LogP contribution in [0.5, 0.6) is 0 Å². The zero-order chi connectivity index (χ0) is 11.0. The Morgan fingerprint density at radius 2 is 2.33 bits per heavy atom. The van der Waals surface area contributed by atoms with Crippen LogP contribution in [0.3, 0.4) is 0 Å². The Balaban J connectivity index is 2.72. The molecule has 0 aliphatic carbocycles. The Bertz CT molecular complexity index is 531. The number of aryl methyl sites for hydroxylation is 1. The molecule has 0 amide bonds. The summed E-state index contributed by atoms with van der Waals surface area (Å²) in [5, 5.41) is 14.0. The molecule has 0 aliphatic heterocycles. The third kappa shape index (κ3) is 1.46. The van der Waals surface area contributed by atoms with Crippen LogP contribution in [0.25, 0.3) is 10.9 Å². The first-order valence-electron chi connectivity index (χ1n) is 4.52. The quantitative estimate of drug-likeness (QED) is 0.757. The fraction of sp³-hybridized carbons (Fsp3) is 0.200. The van der Waals surface area contributed by atoms with Gasteiger partial charge in [-0.05, 0) is 12.1 Å². The van der Waals surface area contributed by atoms with Gasteiger partial charge >= 0.3 is 5.97 Å². The fourth-order valence-corrected chi connectivity index (χ4v) is 1.62. The lowest BCUT2D eigenvalue weighted by Gasteiger charge is -1.96.